The van der Waals surface area contributed by atoms with Crippen molar-refractivity contribution >= 4 is 40.5 Å². The SMILES string of the molecule is CCN(CC)c1ccc(NC(=O)C2CC2C(=O)Nc2ccc(Cl)cc2C)cc1. The Labute approximate surface area is 171 Å². The van der Waals surface area contributed by atoms with E-state index >= 15 is 0 Å². The van der Waals surface area contributed by atoms with Crippen molar-refractivity contribution in [3.05, 3.63) is 53.1 Å². The molecule has 2 unspecified atom stereocenters. The zero-order chi connectivity index (χ0) is 20.3. The van der Waals surface area contributed by atoms with Gasteiger partial charge in [-0.1, -0.05) is 11.6 Å². The molecule has 2 N–H and O–H groups in total. The van der Waals surface area contributed by atoms with Gasteiger partial charge >= 0.3 is 0 Å². The zero-order valence-electron chi connectivity index (χ0n) is 16.5. The number of amides is 2. The van der Waals surface area contributed by atoms with Crippen LogP contribution in [0.3, 0.4) is 0 Å². The van der Waals surface area contributed by atoms with Gasteiger partial charge in [-0.25, -0.2) is 0 Å². The fraction of sp³-hybridized carbons (Fsp3) is 0.364. The van der Waals surface area contributed by atoms with Crippen molar-refractivity contribution in [2.75, 3.05) is 28.6 Å². The van der Waals surface area contributed by atoms with Crippen LogP contribution in [-0.2, 0) is 9.59 Å². The van der Waals surface area contributed by atoms with Crippen LogP contribution in [0.2, 0.25) is 5.02 Å². The third-order valence-electron chi connectivity index (χ3n) is 5.17. The van der Waals surface area contributed by atoms with Crippen LogP contribution < -0.4 is 15.5 Å². The van der Waals surface area contributed by atoms with Crippen LogP contribution >= 0.6 is 11.6 Å². The molecule has 2 atom stereocenters. The van der Waals surface area contributed by atoms with Gasteiger partial charge in [-0.15, -0.1) is 0 Å². The molecule has 148 valence electrons. The lowest BCUT2D eigenvalue weighted by Gasteiger charge is -2.21. The summed E-state index contributed by atoms with van der Waals surface area (Å²) in [5, 5.41) is 6.45. The van der Waals surface area contributed by atoms with E-state index in [0.29, 0.717) is 11.4 Å². The van der Waals surface area contributed by atoms with Crippen LogP contribution in [0, 0.1) is 18.8 Å². The summed E-state index contributed by atoms with van der Waals surface area (Å²) < 4.78 is 0. The Morgan fingerprint density at radius 2 is 1.61 bits per heavy atom. The number of anilines is 3. The number of benzene rings is 2. The average Bonchev–Trinajstić information content (AvgIpc) is 3.47. The van der Waals surface area contributed by atoms with Crippen molar-refractivity contribution in [1.29, 1.82) is 0 Å². The van der Waals surface area contributed by atoms with Gasteiger partial charge < -0.3 is 15.5 Å². The lowest BCUT2D eigenvalue weighted by atomic mass is 10.2. The van der Waals surface area contributed by atoms with E-state index in [9.17, 15) is 9.59 Å². The Balaban J connectivity index is 1.54. The van der Waals surface area contributed by atoms with Gasteiger partial charge in [0.1, 0.15) is 0 Å². The van der Waals surface area contributed by atoms with E-state index in [4.69, 9.17) is 11.6 Å². The van der Waals surface area contributed by atoms with Crippen molar-refractivity contribution in [2.24, 2.45) is 11.8 Å². The lowest BCUT2D eigenvalue weighted by Crippen LogP contribution is -2.22. The van der Waals surface area contributed by atoms with Gasteiger partial charge in [-0.05, 0) is 75.2 Å². The van der Waals surface area contributed by atoms with Gasteiger partial charge in [0.25, 0.3) is 0 Å². The van der Waals surface area contributed by atoms with E-state index < -0.39 is 0 Å². The third-order valence-corrected chi connectivity index (χ3v) is 5.41. The van der Waals surface area contributed by atoms with Crippen molar-refractivity contribution < 1.29 is 9.59 Å². The second kappa shape index (κ2) is 8.65. The predicted octanol–water partition coefficient (Wildman–Crippen LogP) is 4.71. The molecule has 2 aromatic rings. The first-order valence-corrected chi connectivity index (χ1v) is 10.0. The van der Waals surface area contributed by atoms with Crippen LogP contribution in [0.5, 0.6) is 0 Å². The number of nitrogens with zero attached hydrogens (tertiary/aromatic N) is 1. The fourth-order valence-corrected chi connectivity index (χ4v) is 3.57. The van der Waals surface area contributed by atoms with Gasteiger partial charge in [0, 0.05) is 35.2 Å². The van der Waals surface area contributed by atoms with Crippen LogP contribution in [0.15, 0.2) is 42.5 Å². The number of aryl methyl sites for hydroxylation is 1. The van der Waals surface area contributed by atoms with Crippen molar-refractivity contribution in [3.63, 3.8) is 0 Å². The van der Waals surface area contributed by atoms with Crippen molar-refractivity contribution in [2.45, 2.75) is 27.2 Å². The summed E-state index contributed by atoms with van der Waals surface area (Å²) in [5.41, 5.74) is 3.51. The Morgan fingerprint density at radius 1 is 1.00 bits per heavy atom. The second-order valence-electron chi connectivity index (χ2n) is 7.11. The van der Waals surface area contributed by atoms with Crippen LogP contribution in [0.4, 0.5) is 17.1 Å². The molecule has 2 amide bonds. The maximum atomic E-state index is 12.5. The number of hydrogen-bond acceptors (Lipinski definition) is 3. The summed E-state index contributed by atoms with van der Waals surface area (Å²) >= 11 is 5.95. The van der Waals surface area contributed by atoms with E-state index in [-0.39, 0.29) is 23.7 Å². The normalized spacial score (nSPS) is 17.7. The number of halogens is 1. The molecule has 0 saturated heterocycles. The Bertz CT molecular complexity index is 863. The first-order valence-electron chi connectivity index (χ1n) is 9.65. The molecule has 6 heteroatoms. The maximum Gasteiger partial charge on any atom is 0.228 e. The summed E-state index contributed by atoms with van der Waals surface area (Å²) in [6.07, 6.45) is 0.571. The largest absolute Gasteiger partial charge is 0.372 e. The number of nitrogens with one attached hydrogen (secondary N) is 2. The molecule has 0 heterocycles. The zero-order valence-corrected chi connectivity index (χ0v) is 17.2. The minimum atomic E-state index is -0.287. The molecule has 0 aromatic heterocycles. The molecule has 1 saturated carbocycles. The molecule has 1 aliphatic rings. The molecule has 5 nitrogen and oxygen atoms in total. The second-order valence-corrected chi connectivity index (χ2v) is 7.54. The summed E-state index contributed by atoms with van der Waals surface area (Å²) in [4.78, 5) is 27.1. The number of carbonyl (C=O) groups excluding carboxylic acids is 2. The number of rotatable bonds is 7. The molecule has 0 spiro atoms. The molecule has 0 radical (unpaired) electrons. The molecule has 0 bridgehead atoms. The Morgan fingerprint density at radius 3 is 2.18 bits per heavy atom. The molecule has 28 heavy (non-hydrogen) atoms. The lowest BCUT2D eigenvalue weighted by molar-refractivity contribution is -0.122. The first kappa shape index (κ1) is 20.2. The summed E-state index contributed by atoms with van der Waals surface area (Å²) in [5.74, 6) is -0.800. The molecule has 1 fully saturated rings. The Kier molecular flexibility index (Phi) is 6.25. The van der Waals surface area contributed by atoms with Gasteiger partial charge in [0.15, 0.2) is 0 Å². The molecule has 2 aromatic carbocycles. The summed E-state index contributed by atoms with van der Waals surface area (Å²) in [6, 6.07) is 13.1. The monoisotopic (exact) mass is 399 g/mol. The van der Waals surface area contributed by atoms with Gasteiger partial charge in [-0.2, -0.15) is 0 Å². The predicted molar refractivity (Wildman–Crippen MR) is 115 cm³/mol. The Hall–Kier alpha value is -2.53. The van der Waals surface area contributed by atoms with Crippen LogP contribution in [0.1, 0.15) is 25.8 Å². The summed E-state index contributed by atoms with van der Waals surface area (Å²) in [6.45, 7) is 7.99. The van der Waals surface area contributed by atoms with Crippen molar-refractivity contribution in [3.8, 4) is 0 Å². The van der Waals surface area contributed by atoms with Gasteiger partial charge in [0.2, 0.25) is 11.8 Å². The standard InChI is InChI=1S/C22H26ClN3O2/c1-4-26(5-2)17-9-7-16(8-10-17)24-21(27)18-13-19(18)22(28)25-20-11-6-15(23)12-14(20)3/h6-12,18-19H,4-5,13H2,1-3H3,(H,24,27)(H,25,28). The number of hydrogen-bond donors (Lipinski definition) is 2. The minimum Gasteiger partial charge on any atom is -0.372 e. The maximum absolute atomic E-state index is 12.5. The number of carbonyl (C=O) groups is 2. The fourth-order valence-electron chi connectivity index (χ4n) is 3.35. The van der Waals surface area contributed by atoms with Crippen LogP contribution in [0.25, 0.3) is 0 Å². The molecular formula is C22H26ClN3O2. The van der Waals surface area contributed by atoms with E-state index in [0.717, 1.165) is 35.7 Å². The molecule has 0 aliphatic heterocycles. The van der Waals surface area contributed by atoms with Crippen molar-refractivity contribution in [1.82, 2.24) is 0 Å². The highest BCUT2D eigenvalue weighted by molar-refractivity contribution is 6.30. The van der Waals surface area contributed by atoms with Gasteiger partial charge in [-0.3, -0.25) is 9.59 Å². The molecular weight excluding hydrogens is 374 g/mol. The third kappa shape index (κ3) is 4.65. The van der Waals surface area contributed by atoms with E-state index in [1.165, 1.54) is 0 Å². The first-order chi connectivity index (χ1) is 13.4. The minimum absolute atomic E-state index is 0.108. The average molecular weight is 400 g/mol. The molecule has 1 aliphatic carbocycles. The van der Waals surface area contributed by atoms with Crippen LogP contribution in [-0.4, -0.2) is 24.9 Å². The van der Waals surface area contributed by atoms with E-state index in [1.54, 1.807) is 18.2 Å². The summed E-state index contributed by atoms with van der Waals surface area (Å²) in [7, 11) is 0. The highest BCUT2D eigenvalue weighted by Gasteiger charge is 2.48. The smallest absolute Gasteiger partial charge is 0.228 e. The molecule has 3 rings (SSSR count). The quantitative estimate of drug-likeness (QED) is 0.708. The van der Waals surface area contributed by atoms with Gasteiger partial charge in [0.05, 0.1) is 11.8 Å². The highest BCUT2D eigenvalue weighted by atomic mass is 35.5. The highest BCUT2D eigenvalue weighted by Crippen LogP contribution is 2.40. The van der Waals surface area contributed by atoms with E-state index in [2.05, 4.69) is 29.4 Å². The van der Waals surface area contributed by atoms with E-state index in [1.807, 2.05) is 31.2 Å². The topological polar surface area (TPSA) is 61.4 Å².